The summed E-state index contributed by atoms with van der Waals surface area (Å²) in [5.74, 6) is 1.52. The minimum absolute atomic E-state index is 0.158. The maximum Gasteiger partial charge on any atom is 0.351 e. The third kappa shape index (κ3) is 2.21. The third-order valence-corrected chi connectivity index (χ3v) is 7.36. The third-order valence-electron chi connectivity index (χ3n) is 6.04. The predicted octanol–water partition coefficient (Wildman–Crippen LogP) is 3.60. The van der Waals surface area contributed by atoms with Gasteiger partial charge in [-0.2, -0.15) is 0 Å². The van der Waals surface area contributed by atoms with Crippen LogP contribution in [0, 0.1) is 11.8 Å². The van der Waals surface area contributed by atoms with Crippen molar-refractivity contribution >= 4 is 7.74 Å². The quantitative estimate of drug-likeness (QED) is 0.779. The van der Waals surface area contributed by atoms with Gasteiger partial charge in [0.05, 0.1) is 11.1 Å². The van der Waals surface area contributed by atoms with Crippen LogP contribution in [0.1, 0.15) is 64.2 Å². The first kappa shape index (κ1) is 12.8. The zero-order chi connectivity index (χ0) is 13.1. The maximum absolute atomic E-state index is 10.3. The fourth-order valence-electron chi connectivity index (χ4n) is 5.12. The summed E-state index contributed by atoms with van der Waals surface area (Å²) >= 11 is 0. The van der Waals surface area contributed by atoms with Gasteiger partial charge in [-0.25, -0.2) is 4.74 Å². The van der Waals surface area contributed by atoms with Crippen LogP contribution < -0.4 is 0 Å². The average molecular weight is 285 g/mol. The van der Waals surface area contributed by atoms with Crippen molar-refractivity contribution in [3.05, 3.63) is 0 Å². The Morgan fingerprint density at radius 1 is 0.895 bits per heavy atom. The van der Waals surface area contributed by atoms with E-state index in [9.17, 15) is 9.79 Å². The normalized spacial score (nSPS) is 48.1. The molecular weight excluding hydrogens is 261 g/mol. The Labute approximate surface area is 114 Å². The predicted molar refractivity (Wildman–Crippen MR) is 73.5 cm³/mol. The van der Waals surface area contributed by atoms with Crippen LogP contribution in [0.3, 0.4) is 0 Å². The van der Waals surface area contributed by atoms with Crippen LogP contribution in [-0.4, -0.2) is 20.9 Å². The molecule has 4 bridgehead atoms. The van der Waals surface area contributed by atoms with E-state index in [1.165, 1.54) is 25.7 Å². The van der Waals surface area contributed by atoms with Gasteiger partial charge in [0.2, 0.25) is 0 Å². The van der Waals surface area contributed by atoms with E-state index in [1.54, 1.807) is 0 Å². The Hall–Kier alpha value is 0.110. The summed E-state index contributed by atoms with van der Waals surface area (Å²) in [6.45, 7) is 0. The first-order chi connectivity index (χ1) is 8.99. The Morgan fingerprint density at radius 3 is 1.95 bits per heavy atom. The van der Waals surface area contributed by atoms with Gasteiger partial charge >= 0.3 is 7.74 Å². The van der Waals surface area contributed by atoms with Crippen molar-refractivity contribution in [2.24, 2.45) is 16.6 Å². The molecule has 0 aliphatic heterocycles. The van der Waals surface area contributed by atoms with Gasteiger partial charge in [0.15, 0.2) is 0 Å². The molecule has 0 atom stereocenters. The molecule has 0 aromatic carbocycles. The lowest BCUT2D eigenvalue weighted by Crippen LogP contribution is -2.26. The number of rotatable bonds is 3. The molecule has 0 heterocycles. The van der Waals surface area contributed by atoms with E-state index in [0.717, 1.165) is 50.4 Å². The van der Waals surface area contributed by atoms with Crippen LogP contribution in [-0.2, 0) is 4.52 Å². The minimum Gasteiger partial charge on any atom is -0.319 e. The maximum atomic E-state index is 10.3. The SMILES string of the molecule is OP(O)(=NC12CCC(CC1)C2)OC12CCC(CC1)C2. The molecule has 0 spiro atoms. The van der Waals surface area contributed by atoms with Crippen molar-refractivity contribution in [2.75, 3.05) is 0 Å². The number of nitrogens with zero attached hydrogens (tertiary/aromatic N) is 1. The van der Waals surface area contributed by atoms with Gasteiger partial charge < -0.3 is 9.79 Å². The Bertz CT molecular complexity index is 428. The fourth-order valence-corrected chi connectivity index (χ4v) is 6.78. The highest BCUT2D eigenvalue weighted by Crippen LogP contribution is 2.61. The molecule has 4 aliphatic rings. The second-order valence-electron chi connectivity index (χ2n) is 7.41. The molecule has 4 fully saturated rings. The van der Waals surface area contributed by atoms with Crippen molar-refractivity contribution < 1.29 is 14.3 Å². The molecule has 4 saturated carbocycles. The monoisotopic (exact) mass is 285 g/mol. The standard InChI is InChI=1S/C14H24NO3P/c16-19(17,15-13-5-1-11(9-13)2-6-13)18-14-7-3-12(10-14)4-8-14/h11-12,16-17H,1-10H2. The van der Waals surface area contributed by atoms with Gasteiger partial charge in [0.1, 0.15) is 0 Å². The topological polar surface area (TPSA) is 62.0 Å². The van der Waals surface area contributed by atoms with Gasteiger partial charge in [0.25, 0.3) is 0 Å². The second-order valence-corrected chi connectivity index (χ2v) is 8.82. The van der Waals surface area contributed by atoms with Crippen molar-refractivity contribution in [2.45, 2.75) is 75.3 Å². The van der Waals surface area contributed by atoms with Gasteiger partial charge in [-0.1, -0.05) is 0 Å². The highest BCUT2D eigenvalue weighted by atomic mass is 31.2. The van der Waals surface area contributed by atoms with E-state index in [4.69, 9.17) is 4.52 Å². The molecule has 4 aliphatic carbocycles. The molecule has 19 heavy (non-hydrogen) atoms. The zero-order valence-electron chi connectivity index (χ0n) is 11.4. The van der Waals surface area contributed by atoms with Gasteiger partial charge in [-0.15, -0.1) is 0 Å². The molecule has 5 heteroatoms. The molecule has 0 amide bonds. The van der Waals surface area contributed by atoms with Crippen LogP contribution in [0.2, 0.25) is 0 Å². The summed E-state index contributed by atoms with van der Waals surface area (Å²) in [6, 6.07) is 0. The van der Waals surface area contributed by atoms with E-state index < -0.39 is 7.74 Å². The lowest BCUT2D eigenvalue weighted by Gasteiger charge is -2.32. The average Bonchev–Trinajstić information content (AvgIpc) is 3.05. The number of hydrogen-bond acceptors (Lipinski definition) is 2. The van der Waals surface area contributed by atoms with E-state index >= 15 is 0 Å². The molecule has 0 radical (unpaired) electrons. The Balaban J connectivity index is 1.56. The molecule has 0 unspecified atom stereocenters. The molecule has 0 aromatic rings. The van der Waals surface area contributed by atoms with Gasteiger partial charge in [-0.3, -0.25) is 4.52 Å². The smallest absolute Gasteiger partial charge is 0.319 e. The largest absolute Gasteiger partial charge is 0.351 e. The van der Waals surface area contributed by atoms with Crippen LogP contribution in [0.5, 0.6) is 0 Å². The molecule has 4 rings (SSSR count). The Kier molecular flexibility index (Phi) is 2.74. The van der Waals surface area contributed by atoms with E-state index in [1.807, 2.05) is 0 Å². The summed E-state index contributed by atoms with van der Waals surface area (Å²) in [4.78, 5) is 20.7. The molecule has 108 valence electrons. The Morgan fingerprint density at radius 2 is 1.47 bits per heavy atom. The molecular formula is C14H24NO3P. The summed E-state index contributed by atoms with van der Waals surface area (Å²) in [7, 11) is -3.53. The molecule has 0 saturated heterocycles. The number of fused-ring (bicyclic) bond motifs is 4. The van der Waals surface area contributed by atoms with Gasteiger partial charge in [-0.05, 0) is 76.0 Å². The van der Waals surface area contributed by atoms with Crippen molar-refractivity contribution in [3.8, 4) is 0 Å². The summed E-state index contributed by atoms with van der Waals surface area (Å²) in [5.41, 5.74) is -0.409. The highest BCUT2D eigenvalue weighted by molar-refractivity contribution is 7.49. The fraction of sp³-hybridized carbons (Fsp3) is 1.00. The van der Waals surface area contributed by atoms with Crippen molar-refractivity contribution in [1.82, 2.24) is 0 Å². The van der Waals surface area contributed by atoms with Crippen LogP contribution in [0.25, 0.3) is 0 Å². The molecule has 0 aromatic heterocycles. The van der Waals surface area contributed by atoms with Crippen LogP contribution in [0.4, 0.5) is 0 Å². The number of hydrogen-bond donors (Lipinski definition) is 2. The second kappa shape index (κ2) is 4.07. The molecule has 4 nitrogen and oxygen atoms in total. The molecule has 2 N–H and O–H groups in total. The summed E-state index contributed by atoms with van der Waals surface area (Å²) < 4.78 is 10.3. The lowest BCUT2D eigenvalue weighted by atomic mass is 9.95. The highest BCUT2D eigenvalue weighted by Gasteiger charge is 2.51. The van der Waals surface area contributed by atoms with Crippen molar-refractivity contribution in [1.29, 1.82) is 0 Å². The van der Waals surface area contributed by atoms with E-state index in [0.29, 0.717) is 0 Å². The first-order valence-corrected chi connectivity index (χ1v) is 9.35. The van der Waals surface area contributed by atoms with Gasteiger partial charge in [0, 0.05) is 0 Å². The minimum atomic E-state index is -3.53. The van der Waals surface area contributed by atoms with Crippen LogP contribution >= 0.6 is 7.74 Å². The van der Waals surface area contributed by atoms with Crippen LogP contribution in [0.15, 0.2) is 4.74 Å². The van der Waals surface area contributed by atoms with Crippen molar-refractivity contribution in [3.63, 3.8) is 0 Å². The van der Waals surface area contributed by atoms with E-state index in [-0.39, 0.29) is 11.1 Å². The first-order valence-electron chi connectivity index (χ1n) is 7.78. The summed E-state index contributed by atoms with van der Waals surface area (Å²) in [5, 5.41) is 0. The summed E-state index contributed by atoms with van der Waals surface area (Å²) in [6.07, 6.45) is 10.9. The zero-order valence-corrected chi connectivity index (χ0v) is 12.3. The lowest BCUT2D eigenvalue weighted by molar-refractivity contribution is 0.0567. The van der Waals surface area contributed by atoms with E-state index in [2.05, 4.69) is 4.74 Å².